The van der Waals surface area contributed by atoms with Gasteiger partial charge >= 0.3 is 0 Å². The number of β-amino-alcohol motifs (C(OH)–C–C–N with tert-alkyl or cyclic N) is 1. The predicted molar refractivity (Wildman–Crippen MR) is 57.2 cm³/mol. The number of aliphatic hydroxyl groups is 1. The molecule has 2 rings (SSSR count). The summed E-state index contributed by atoms with van der Waals surface area (Å²) in [6.07, 6.45) is 5.26. The maximum Gasteiger partial charge on any atom is 0.242 e. The van der Waals surface area contributed by atoms with E-state index in [0.717, 1.165) is 25.7 Å². The minimum absolute atomic E-state index is 0.0544. The lowest BCUT2D eigenvalue weighted by Crippen LogP contribution is -2.55. The number of carbonyl (C=O) groups excluding carboxylic acids is 1. The summed E-state index contributed by atoms with van der Waals surface area (Å²) in [5, 5.41) is 9.40. The monoisotopic (exact) mass is 212 g/mol. The molecule has 0 aromatic carbocycles. The van der Waals surface area contributed by atoms with Gasteiger partial charge in [0.1, 0.15) is 0 Å². The van der Waals surface area contributed by atoms with E-state index >= 15 is 0 Å². The summed E-state index contributed by atoms with van der Waals surface area (Å²) in [5.41, 5.74) is 5.52. The second-order valence-corrected chi connectivity index (χ2v) is 4.91. The standard InChI is InChI=1S/C11H20N2O2/c12-11(5-2-1-3-6-11)10(15)13-7-4-9(14)8-13/h9,14H,1-8,12H2. The van der Waals surface area contributed by atoms with Crippen LogP contribution in [-0.4, -0.2) is 40.6 Å². The number of likely N-dealkylation sites (tertiary alicyclic amines) is 1. The molecule has 0 bridgehead atoms. The second kappa shape index (κ2) is 4.10. The fourth-order valence-corrected chi connectivity index (χ4v) is 2.64. The van der Waals surface area contributed by atoms with Crippen LogP contribution in [0.5, 0.6) is 0 Å². The van der Waals surface area contributed by atoms with Crippen LogP contribution in [0.15, 0.2) is 0 Å². The first-order valence-corrected chi connectivity index (χ1v) is 5.88. The van der Waals surface area contributed by atoms with Gasteiger partial charge in [-0.05, 0) is 19.3 Å². The second-order valence-electron chi connectivity index (χ2n) is 4.91. The average Bonchev–Trinajstić information content (AvgIpc) is 2.65. The Kier molecular flexibility index (Phi) is 2.98. The number of carbonyl (C=O) groups is 1. The molecule has 4 heteroatoms. The van der Waals surface area contributed by atoms with Gasteiger partial charge in [0.05, 0.1) is 11.6 Å². The zero-order valence-electron chi connectivity index (χ0n) is 9.11. The molecule has 1 heterocycles. The lowest BCUT2D eigenvalue weighted by atomic mass is 9.81. The summed E-state index contributed by atoms with van der Waals surface area (Å²) in [6.45, 7) is 1.14. The third-order valence-corrected chi connectivity index (χ3v) is 3.62. The summed E-state index contributed by atoms with van der Waals surface area (Å²) >= 11 is 0. The molecule has 0 aromatic heterocycles. The van der Waals surface area contributed by atoms with E-state index in [4.69, 9.17) is 5.73 Å². The van der Waals surface area contributed by atoms with Crippen molar-refractivity contribution in [3.05, 3.63) is 0 Å². The molecule has 1 saturated heterocycles. The lowest BCUT2D eigenvalue weighted by Gasteiger charge is -2.35. The molecular formula is C11H20N2O2. The fourth-order valence-electron chi connectivity index (χ4n) is 2.64. The van der Waals surface area contributed by atoms with E-state index in [1.807, 2.05) is 0 Å². The Morgan fingerprint density at radius 2 is 2.00 bits per heavy atom. The molecule has 1 aliphatic heterocycles. The normalized spacial score (nSPS) is 30.5. The molecule has 4 nitrogen and oxygen atoms in total. The van der Waals surface area contributed by atoms with Crippen LogP contribution in [0.2, 0.25) is 0 Å². The highest BCUT2D eigenvalue weighted by Crippen LogP contribution is 2.28. The largest absolute Gasteiger partial charge is 0.391 e. The fraction of sp³-hybridized carbons (Fsp3) is 0.909. The van der Waals surface area contributed by atoms with E-state index < -0.39 is 5.54 Å². The molecule has 2 aliphatic rings. The van der Waals surface area contributed by atoms with E-state index in [2.05, 4.69) is 0 Å². The van der Waals surface area contributed by atoms with E-state index in [0.29, 0.717) is 19.5 Å². The number of aliphatic hydroxyl groups excluding tert-OH is 1. The van der Waals surface area contributed by atoms with Crippen LogP contribution in [0.3, 0.4) is 0 Å². The summed E-state index contributed by atoms with van der Waals surface area (Å²) in [7, 11) is 0. The van der Waals surface area contributed by atoms with Crippen LogP contribution in [-0.2, 0) is 4.79 Å². The molecule has 1 saturated carbocycles. The number of hydrogen-bond acceptors (Lipinski definition) is 3. The molecular weight excluding hydrogens is 192 g/mol. The molecule has 0 spiro atoms. The van der Waals surface area contributed by atoms with Gasteiger partial charge in [-0.15, -0.1) is 0 Å². The van der Waals surface area contributed by atoms with Gasteiger partial charge < -0.3 is 15.7 Å². The van der Waals surface area contributed by atoms with Crippen LogP contribution < -0.4 is 5.73 Å². The number of nitrogens with two attached hydrogens (primary N) is 1. The molecule has 0 radical (unpaired) electrons. The Hall–Kier alpha value is -0.610. The maximum absolute atomic E-state index is 12.2. The SMILES string of the molecule is NC1(C(=O)N2CCC(O)C2)CCCCC1. The topological polar surface area (TPSA) is 66.6 Å². The van der Waals surface area contributed by atoms with E-state index in [1.54, 1.807) is 4.90 Å². The quantitative estimate of drug-likeness (QED) is 0.654. The Morgan fingerprint density at radius 3 is 2.53 bits per heavy atom. The molecule has 3 N–H and O–H groups in total. The minimum Gasteiger partial charge on any atom is -0.391 e. The van der Waals surface area contributed by atoms with Crippen LogP contribution in [0.25, 0.3) is 0 Å². The maximum atomic E-state index is 12.2. The van der Waals surface area contributed by atoms with Crippen molar-refractivity contribution in [2.75, 3.05) is 13.1 Å². The van der Waals surface area contributed by atoms with E-state index in [1.165, 1.54) is 6.42 Å². The van der Waals surface area contributed by atoms with Crippen LogP contribution in [0, 0.1) is 0 Å². The third-order valence-electron chi connectivity index (χ3n) is 3.62. The van der Waals surface area contributed by atoms with Crippen molar-refractivity contribution in [3.63, 3.8) is 0 Å². The Balaban J connectivity index is 1.99. The molecule has 15 heavy (non-hydrogen) atoms. The number of amides is 1. The molecule has 1 atom stereocenters. The smallest absolute Gasteiger partial charge is 0.242 e. The van der Waals surface area contributed by atoms with Crippen molar-refractivity contribution in [1.29, 1.82) is 0 Å². The highest BCUT2D eigenvalue weighted by Gasteiger charge is 2.40. The zero-order chi connectivity index (χ0) is 10.9. The molecule has 0 aromatic rings. The van der Waals surface area contributed by atoms with Gasteiger partial charge in [0, 0.05) is 13.1 Å². The number of nitrogens with zero attached hydrogens (tertiary/aromatic N) is 1. The average molecular weight is 212 g/mol. The van der Waals surface area contributed by atoms with E-state index in [9.17, 15) is 9.90 Å². The van der Waals surface area contributed by atoms with Gasteiger partial charge in [0.15, 0.2) is 0 Å². The highest BCUT2D eigenvalue weighted by atomic mass is 16.3. The summed E-state index contributed by atoms with van der Waals surface area (Å²) in [4.78, 5) is 13.9. The zero-order valence-corrected chi connectivity index (χ0v) is 9.11. The van der Waals surface area contributed by atoms with Crippen molar-refractivity contribution in [2.45, 2.75) is 50.2 Å². The van der Waals surface area contributed by atoms with Gasteiger partial charge in [0.2, 0.25) is 5.91 Å². The van der Waals surface area contributed by atoms with Gasteiger partial charge in [-0.25, -0.2) is 0 Å². The Bertz CT molecular complexity index is 249. The van der Waals surface area contributed by atoms with Crippen molar-refractivity contribution in [3.8, 4) is 0 Å². The van der Waals surface area contributed by atoms with Crippen molar-refractivity contribution in [2.24, 2.45) is 5.73 Å². The molecule has 1 unspecified atom stereocenters. The number of rotatable bonds is 1. The first-order valence-electron chi connectivity index (χ1n) is 5.88. The number of hydrogen-bond donors (Lipinski definition) is 2. The Labute approximate surface area is 90.4 Å². The molecule has 86 valence electrons. The Morgan fingerprint density at radius 1 is 1.33 bits per heavy atom. The molecule has 1 amide bonds. The van der Waals surface area contributed by atoms with Crippen molar-refractivity contribution >= 4 is 5.91 Å². The van der Waals surface area contributed by atoms with Gasteiger partial charge in [0.25, 0.3) is 0 Å². The van der Waals surface area contributed by atoms with Gasteiger partial charge in [-0.2, -0.15) is 0 Å². The third kappa shape index (κ3) is 2.16. The summed E-state index contributed by atoms with van der Waals surface area (Å²) < 4.78 is 0. The first kappa shape index (κ1) is 10.9. The van der Waals surface area contributed by atoms with E-state index in [-0.39, 0.29) is 12.0 Å². The van der Waals surface area contributed by atoms with Crippen molar-refractivity contribution in [1.82, 2.24) is 4.90 Å². The summed E-state index contributed by atoms with van der Waals surface area (Å²) in [6, 6.07) is 0. The summed E-state index contributed by atoms with van der Waals surface area (Å²) in [5.74, 6) is 0.0544. The predicted octanol–water partition coefficient (Wildman–Crippen LogP) is 0.241. The van der Waals surface area contributed by atoms with Crippen LogP contribution in [0.1, 0.15) is 38.5 Å². The van der Waals surface area contributed by atoms with Crippen LogP contribution >= 0.6 is 0 Å². The van der Waals surface area contributed by atoms with Gasteiger partial charge in [-0.1, -0.05) is 19.3 Å². The molecule has 2 fully saturated rings. The van der Waals surface area contributed by atoms with Crippen LogP contribution in [0.4, 0.5) is 0 Å². The van der Waals surface area contributed by atoms with Crippen molar-refractivity contribution < 1.29 is 9.90 Å². The first-order chi connectivity index (χ1) is 7.12. The minimum atomic E-state index is -0.637. The highest BCUT2D eigenvalue weighted by molar-refractivity contribution is 5.86. The molecule has 1 aliphatic carbocycles. The van der Waals surface area contributed by atoms with Gasteiger partial charge in [-0.3, -0.25) is 4.79 Å². The lowest BCUT2D eigenvalue weighted by molar-refractivity contribution is -0.137.